The molecule has 0 aliphatic rings. The molecule has 0 aliphatic heterocycles. The first-order valence-electron chi connectivity index (χ1n) is 11.5. The Morgan fingerprint density at radius 1 is 1.03 bits per heavy atom. The molecule has 0 spiro atoms. The Balaban J connectivity index is 2.82. The number of methoxy groups -OCH3 is 1. The predicted molar refractivity (Wildman–Crippen MR) is 133 cm³/mol. The first-order valence-corrected chi connectivity index (χ1v) is 14.4. The molecule has 0 heterocycles. The second-order valence-electron chi connectivity index (χ2n) is 10.6. The van der Waals surface area contributed by atoms with Crippen LogP contribution in [0.1, 0.15) is 53.5 Å². The minimum atomic E-state index is -1.88. The summed E-state index contributed by atoms with van der Waals surface area (Å²) in [5.41, 5.74) is 1.10. The number of rotatable bonds is 13. The second kappa shape index (κ2) is 12.2. The number of hydrogen-bond donors (Lipinski definition) is 1. The molecule has 0 unspecified atom stereocenters. The summed E-state index contributed by atoms with van der Waals surface area (Å²) < 4.78 is 18.2. The Morgan fingerprint density at radius 3 is 2.06 bits per heavy atom. The largest absolute Gasteiger partial charge is 0.497 e. The molecular weight excluding hydrogens is 404 g/mol. The maximum absolute atomic E-state index is 9.82. The molecule has 0 saturated heterocycles. The summed E-state index contributed by atoms with van der Waals surface area (Å²) in [7, 11) is -0.213. The fraction of sp³-hybridized carbons (Fsp3) is 0.692. The van der Waals surface area contributed by atoms with Gasteiger partial charge in [0.05, 0.1) is 25.9 Å². The van der Waals surface area contributed by atoms with Crippen LogP contribution in [0.5, 0.6) is 5.75 Å². The van der Waals surface area contributed by atoms with Gasteiger partial charge in [0.2, 0.25) is 0 Å². The second-order valence-corrected chi connectivity index (χ2v) is 15.3. The van der Waals surface area contributed by atoms with Crippen LogP contribution in [0.4, 0.5) is 0 Å². The summed E-state index contributed by atoms with van der Waals surface area (Å²) in [6.07, 6.45) is 2.90. The highest BCUT2D eigenvalue weighted by Gasteiger charge is 2.40. The summed E-state index contributed by atoms with van der Waals surface area (Å²) in [5, 5.41) is 9.98. The molecular formula is C26H46O4Si. The van der Waals surface area contributed by atoms with Crippen LogP contribution in [0.25, 0.3) is 0 Å². The zero-order valence-electron chi connectivity index (χ0n) is 21.3. The molecule has 0 bridgehead atoms. The smallest absolute Gasteiger partial charge is 0.192 e. The maximum atomic E-state index is 9.82. The highest BCUT2D eigenvalue weighted by atomic mass is 28.4. The van der Waals surface area contributed by atoms with Crippen LogP contribution in [0.15, 0.2) is 36.9 Å². The number of benzene rings is 1. The SMILES string of the molecule is C=C[C@@H](O[Si](C)(C)C(C)(C)C)[C@H](C)C[C@H](C)[C@H](OCc1ccc(OC)cc1)[C@@H](C)CO. The average molecular weight is 451 g/mol. The van der Waals surface area contributed by atoms with E-state index >= 15 is 0 Å². The highest BCUT2D eigenvalue weighted by molar-refractivity contribution is 6.74. The number of aliphatic hydroxyl groups is 1. The van der Waals surface area contributed by atoms with Crippen molar-refractivity contribution in [2.45, 2.75) is 84.9 Å². The standard InChI is InChI=1S/C26H46O4Si/c1-11-24(30-31(9,10)26(5,6)7)19(2)16-20(3)25(21(4)17-27)29-18-22-12-14-23(28-8)15-13-22/h11-15,19-21,24-25,27H,1,16-18H2,2-10H3/t19-,20+,21+,24-,25+/m1/s1. The van der Waals surface area contributed by atoms with E-state index in [4.69, 9.17) is 13.9 Å². The summed E-state index contributed by atoms with van der Waals surface area (Å²) in [6.45, 7) is 22.5. The molecule has 4 nitrogen and oxygen atoms in total. The van der Waals surface area contributed by atoms with Gasteiger partial charge in [0.25, 0.3) is 0 Å². The van der Waals surface area contributed by atoms with Gasteiger partial charge in [0.15, 0.2) is 8.32 Å². The van der Waals surface area contributed by atoms with E-state index in [-0.39, 0.29) is 35.7 Å². The monoisotopic (exact) mass is 450 g/mol. The summed E-state index contributed by atoms with van der Waals surface area (Å²) in [5.74, 6) is 1.49. The molecule has 0 amide bonds. The minimum Gasteiger partial charge on any atom is -0.497 e. The van der Waals surface area contributed by atoms with Crippen LogP contribution in [0.3, 0.4) is 0 Å². The summed E-state index contributed by atoms with van der Waals surface area (Å²) >= 11 is 0. The van der Waals surface area contributed by atoms with E-state index in [9.17, 15) is 5.11 Å². The van der Waals surface area contributed by atoms with E-state index in [1.807, 2.05) is 30.3 Å². The topological polar surface area (TPSA) is 47.9 Å². The molecule has 1 aromatic rings. The van der Waals surface area contributed by atoms with Crippen LogP contribution in [-0.2, 0) is 15.8 Å². The van der Waals surface area contributed by atoms with Gasteiger partial charge >= 0.3 is 0 Å². The van der Waals surface area contributed by atoms with Crippen LogP contribution >= 0.6 is 0 Å². The predicted octanol–water partition coefficient (Wildman–Crippen LogP) is 6.45. The van der Waals surface area contributed by atoms with Crippen molar-refractivity contribution in [1.29, 1.82) is 0 Å². The Labute approximate surface area is 192 Å². The lowest BCUT2D eigenvalue weighted by molar-refractivity contribution is -0.0490. The fourth-order valence-electron chi connectivity index (χ4n) is 3.68. The first-order chi connectivity index (χ1) is 14.4. The van der Waals surface area contributed by atoms with Gasteiger partial charge in [-0.25, -0.2) is 0 Å². The lowest BCUT2D eigenvalue weighted by Gasteiger charge is -2.41. The average Bonchev–Trinajstić information content (AvgIpc) is 2.71. The summed E-state index contributed by atoms with van der Waals surface area (Å²) in [4.78, 5) is 0. The minimum absolute atomic E-state index is 0.0232. The fourth-order valence-corrected chi connectivity index (χ4v) is 5.04. The Kier molecular flexibility index (Phi) is 11.0. The van der Waals surface area contributed by atoms with Crippen molar-refractivity contribution >= 4 is 8.32 Å². The van der Waals surface area contributed by atoms with Crippen molar-refractivity contribution < 1.29 is 19.0 Å². The van der Waals surface area contributed by atoms with E-state index in [1.165, 1.54) is 0 Å². The van der Waals surface area contributed by atoms with E-state index in [2.05, 4.69) is 61.2 Å². The van der Waals surface area contributed by atoms with E-state index < -0.39 is 8.32 Å². The molecule has 178 valence electrons. The third-order valence-corrected chi connectivity index (χ3v) is 11.3. The molecule has 5 atom stereocenters. The van der Waals surface area contributed by atoms with Gasteiger partial charge in [-0.1, -0.05) is 59.8 Å². The Morgan fingerprint density at radius 2 is 1.61 bits per heavy atom. The van der Waals surface area contributed by atoms with Gasteiger partial charge in [0.1, 0.15) is 5.75 Å². The molecule has 0 aromatic heterocycles. The quantitative estimate of drug-likeness (QED) is 0.277. The Hall–Kier alpha value is -1.14. The van der Waals surface area contributed by atoms with Gasteiger partial charge in [-0.15, -0.1) is 6.58 Å². The zero-order chi connectivity index (χ0) is 23.8. The molecule has 1 N–H and O–H groups in total. The molecule has 0 fully saturated rings. The molecule has 5 heteroatoms. The van der Waals surface area contributed by atoms with Crippen LogP contribution < -0.4 is 4.74 Å². The normalized spacial score (nSPS) is 17.5. The van der Waals surface area contributed by atoms with Crippen molar-refractivity contribution in [3.05, 3.63) is 42.5 Å². The molecule has 1 aromatic carbocycles. The lowest BCUT2D eigenvalue weighted by atomic mass is 9.85. The van der Waals surface area contributed by atoms with Gasteiger partial charge in [-0.05, 0) is 54.1 Å². The zero-order valence-corrected chi connectivity index (χ0v) is 22.3. The van der Waals surface area contributed by atoms with Crippen molar-refractivity contribution in [2.75, 3.05) is 13.7 Å². The third kappa shape index (κ3) is 8.37. The van der Waals surface area contributed by atoms with E-state index in [1.54, 1.807) is 7.11 Å². The number of ether oxygens (including phenoxy) is 2. The van der Waals surface area contributed by atoms with Gasteiger partial charge in [-0.2, -0.15) is 0 Å². The molecule has 0 saturated carbocycles. The van der Waals surface area contributed by atoms with Crippen molar-refractivity contribution in [2.24, 2.45) is 17.8 Å². The molecule has 0 radical (unpaired) electrons. The van der Waals surface area contributed by atoms with Crippen LogP contribution in [0, 0.1) is 17.8 Å². The van der Waals surface area contributed by atoms with Crippen LogP contribution in [-0.4, -0.2) is 39.3 Å². The van der Waals surface area contributed by atoms with E-state index in [0.29, 0.717) is 12.5 Å². The van der Waals surface area contributed by atoms with Gasteiger partial charge in [0, 0.05) is 12.5 Å². The van der Waals surface area contributed by atoms with Crippen molar-refractivity contribution in [3.63, 3.8) is 0 Å². The molecule has 0 aliphatic carbocycles. The van der Waals surface area contributed by atoms with E-state index in [0.717, 1.165) is 17.7 Å². The third-order valence-electron chi connectivity index (χ3n) is 6.78. The van der Waals surface area contributed by atoms with Crippen molar-refractivity contribution in [3.8, 4) is 5.75 Å². The number of hydrogen-bond acceptors (Lipinski definition) is 4. The lowest BCUT2D eigenvalue weighted by Crippen LogP contribution is -2.45. The molecule has 1 rings (SSSR count). The van der Waals surface area contributed by atoms with Crippen molar-refractivity contribution in [1.82, 2.24) is 0 Å². The summed E-state index contributed by atoms with van der Waals surface area (Å²) in [6, 6.07) is 7.93. The van der Waals surface area contributed by atoms with Gasteiger partial charge in [-0.3, -0.25) is 0 Å². The maximum Gasteiger partial charge on any atom is 0.192 e. The van der Waals surface area contributed by atoms with Crippen LogP contribution in [0.2, 0.25) is 18.1 Å². The van der Waals surface area contributed by atoms with Gasteiger partial charge < -0.3 is 19.0 Å². The first kappa shape index (κ1) is 27.9. The number of aliphatic hydroxyl groups excluding tert-OH is 1. The molecule has 31 heavy (non-hydrogen) atoms. The highest BCUT2D eigenvalue weighted by Crippen LogP contribution is 2.39. The Bertz CT molecular complexity index is 650.